The first-order chi connectivity index (χ1) is 13.9. The molecule has 1 unspecified atom stereocenters. The van der Waals surface area contributed by atoms with Crippen LogP contribution in [0, 0.1) is 6.92 Å². The zero-order valence-electron chi connectivity index (χ0n) is 17.2. The number of hydrogen-bond donors (Lipinski definition) is 2. The van der Waals surface area contributed by atoms with Gasteiger partial charge in [-0.3, -0.25) is 9.59 Å². The third kappa shape index (κ3) is 5.70. The fourth-order valence-electron chi connectivity index (χ4n) is 3.38. The van der Waals surface area contributed by atoms with Crippen LogP contribution in [0.15, 0.2) is 54.7 Å². The van der Waals surface area contributed by atoms with E-state index in [1.54, 1.807) is 0 Å². The molecule has 0 aliphatic rings. The van der Waals surface area contributed by atoms with E-state index in [0.717, 1.165) is 27.6 Å². The van der Waals surface area contributed by atoms with E-state index in [0.29, 0.717) is 12.8 Å². The lowest BCUT2D eigenvalue weighted by Crippen LogP contribution is -2.31. The number of nitrogens with one attached hydrogen (secondary N) is 2. The number of ether oxygens (including phenoxy) is 1. The molecule has 1 aromatic heterocycles. The van der Waals surface area contributed by atoms with Crippen LogP contribution in [0.2, 0.25) is 0 Å². The molecule has 0 bridgehead atoms. The number of carbonyl (C=O) groups excluding carboxylic acids is 2. The van der Waals surface area contributed by atoms with E-state index in [1.165, 1.54) is 0 Å². The van der Waals surface area contributed by atoms with Gasteiger partial charge in [0.25, 0.3) is 0 Å². The normalized spacial score (nSPS) is 12.1. The van der Waals surface area contributed by atoms with Crippen LogP contribution in [0.1, 0.15) is 49.4 Å². The summed E-state index contributed by atoms with van der Waals surface area (Å²) in [4.78, 5) is 28.1. The number of fused-ring (bicyclic) bond motifs is 1. The average molecular weight is 392 g/mol. The highest BCUT2D eigenvalue weighted by atomic mass is 16.5. The molecule has 29 heavy (non-hydrogen) atoms. The van der Waals surface area contributed by atoms with E-state index < -0.39 is 6.04 Å². The second-order valence-electron chi connectivity index (χ2n) is 7.63. The molecule has 0 spiro atoms. The Morgan fingerprint density at radius 3 is 2.52 bits per heavy atom. The zero-order chi connectivity index (χ0) is 20.8. The molecule has 3 aromatic rings. The second kappa shape index (κ2) is 9.41. The predicted molar refractivity (Wildman–Crippen MR) is 115 cm³/mol. The molecule has 0 fully saturated rings. The van der Waals surface area contributed by atoms with Crippen molar-refractivity contribution in [2.45, 2.75) is 52.2 Å². The van der Waals surface area contributed by atoms with Crippen molar-refractivity contribution in [1.29, 1.82) is 0 Å². The molecular weight excluding hydrogens is 364 g/mol. The van der Waals surface area contributed by atoms with Gasteiger partial charge in [-0.05, 0) is 44.4 Å². The summed E-state index contributed by atoms with van der Waals surface area (Å²) in [6.45, 7) is 5.64. The summed E-state index contributed by atoms with van der Waals surface area (Å²) in [6, 6.07) is 15.5. The summed E-state index contributed by atoms with van der Waals surface area (Å²) in [6.07, 6.45) is 2.87. The first-order valence-electron chi connectivity index (χ1n) is 10.0. The lowest BCUT2D eigenvalue weighted by atomic mass is 10.0. The lowest BCUT2D eigenvalue weighted by molar-refractivity contribution is -0.148. The number of para-hydroxylation sites is 1. The summed E-state index contributed by atoms with van der Waals surface area (Å²) >= 11 is 0. The topological polar surface area (TPSA) is 71.2 Å². The molecule has 0 saturated heterocycles. The minimum Gasteiger partial charge on any atom is -0.463 e. The molecule has 2 N–H and O–H groups in total. The van der Waals surface area contributed by atoms with Crippen LogP contribution in [0.3, 0.4) is 0 Å². The number of aromatic amines is 1. The maximum Gasteiger partial charge on any atom is 0.308 e. The lowest BCUT2D eigenvalue weighted by Gasteiger charge is -2.19. The molecule has 0 aliphatic carbocycles. The van der Waals surface area contributed by atoms with E-state index in [-0.39, 0.29) is 24.4 Å². The Bertz CT molecular complexity index is 973. The first kappa shape index (κ1) is 20.6. The summed E-state index contributed by atoms with van der Waals surface area (Å²) in [7, 11) is 0. The number of carbonyl (C=O) groups is 2. The van der Waals surface area contributed by atoms with Crippen molar-refractivity contribution < 1.29 is 14.3 Å². The van der Waals surface area contributed by atoms with Crippen LogP contribution in [0.5, 0.6) is 0 Å². The standard InChI is InChI=1S/C24H28N2O3/c1-16(2)29-24(28)14-22(18-10-8-17(3)9-11-18)26-23(27)13-12-19-15-25-21-7-5-4-6-20(19)21/h4-11,15-16,22,25H,12-14H2,1-3H3,(H,26,27). The highest BCUT2D eigenvalue weighted by Crippen LogP contribution is 2.21. The number of esters is 1. The van der Waals surface area contributed by atoms with Gasteiger partial charge in [-0.15, -0.1) is 0 Å². The van der Waals surface area contributed by atoms with Crippen molar-refractivity contribution in [2.75, 3.05) is 0 Å². The van der Waals surface area contributed by atoms with Gasteiger partial charge in [0.1, 0.15) is 0 Å². The third-order valence-corrected chi connectivity index (χ3v) is 4.85. The van der Waals surface area contributed by atoms with Crippen LogP contribution in [-0.4, -0.2) is 23.0 Å². The molecule has 0 aliphatic heterocycles. The van der Waals surface area contributed by atoms with Gasteiger partial charge in [0.05, 0.1) is 18.6 Å². The molecule has 1 atom stereocenters. The summed E-state index contributed by atoms with van der Waals surface area (Å²) in [5.74, 6) is -0.402. The number of aryl methyl sites for hydroxylation is 2. The number of aromatic nitrogens is 1. The van der Waals surface area contributed by atoms with E-state index in [2.05, 4.69) is 16.4 Å². The van der Waals surface area contributed by atoms with Gasteiger partial charge >= 0.3 is 5.97 Å². The van der Waals surface area contributed by atoms with Crippen LogP contribution >= 0.6 is 0 Å². The highest BCUT2D eigenvalue weighted by Gasteiger charge is 2.20. The number of amides is 1. The highest BCUT2D eigenvalue weighted by molar-refractivity contribution is 5.84. The van der Waals surface area contributed by atoms with Gasteiger partial charge < -0.3 is 15.0 Å². The Kier molecular flexibility index (Phi) is 6.70. The largest absolute Gasteiger partial charge is 0.463 e. The molecule has 3 rings (SSSR count). The maximum atomic E-state index is 12.7. The van der Waals surface area contributed by atoms with Crippen molar-refractivity contribution >= 4 is 22.8 Å². The molecule has 152 valence electrons. The zero-order valence-corrected chi connectivity index (χ0v) is 17.2. The number of hydrogen-bond acceptors (Lipinski definition) is 3. The van der Waals surface area contributed by atoms with Crippen LogP contribution in [0.4, 0.5) is 0 Å². The van der Waals surface area contributed by atoms with Gasteiger partial charge in [-0.1, -0.05) is 48.0 Å². The molecular formula is C24H28N2O3. The fourth-order valence-corrected chi connectivity index (χ4v) is 3.38. The van der Waals surface area contributed by atoms with E-state index in [9.17, 15) is 9.59 Å². The number of benzene rings is 2. The van der Waals surface area contributed by atoms with Crippen molar-refractivity contribution in [3.63, 3.8) is 0 Å². The van der Waals surface area contributed by atoms with Crippen molar-refractivity contribution in [3.8, 4) is 0 Å². The summed E-state index contributed by atoms with van der Waals surface area (Å²) in [5, 5.41) is 4.15. The molecule has 5 nitrogen and oxygen atoms in total. The van der Waals surface area contributed by atoms with E-state index in [1.807, 2.05) is 69.4 Å². The average Bonchev–Trinajstić information content (AvgIpc) is 3.09. The Morgan fingerprint density at radius 1 is 1.07 bits per heavy atom. The second-order valence-corrected chi connectivity index (χ2v) is 7.63. The van der Waals surface area contributed by atoms with Crippen LogP contribution < -0.4 is 5.32 Å². The molecule has 0 saturated carbocycles. The first-order valence-corrected chi connectivity index (χ1v) is 10.0. The maximum absolute atomic E-state index is 12.7. The smallest absolute Gasteiger partial charge is 0.308 e. The Balaban J connectivity index is 1.66. The van der Waals surface area contributed by atoms with Gasteiger partial charge in [-0.2, -0.15) is 0 Å². The molecule has 5 heteroatoms. The minimum atomic E-state index is -0.405. The predicted octanol–water partition coefficient (Wildman–Crippen LogP) is 4.61. The van der Waals surface area contributed by atoms with E-state index in [4.69, 9.17) is 4.74 Å². The summed E-state index contributed by atoms with van der Waals surface area (Å²) < 4.78 is 5.28. The Morgan fingerprint density at radius 2 is 1.79 bits per heavy atom. The molecule has 2 aromatic carbocycles. The molecule has 1 amide bonds. The minimum absolute atomic E-state index is 0.0850. The van der Waals surface area contributed by atoms with Crippen molar-refractivity contribution in [3.05, 3.63) is 71.4 Å². The van der Waals surface area contributed by atoms with E-state index >= 15 is 0 Å². The molecule has 0 radical (unpaired) electrons. The van der Waals surface area contributed by atoms with Crippen LogP contribution in [-0.2, 0) is 20.7 Å². The van der Waals surface area contributed by atoms with Crippen molar-refractivity contribution in [2.24, 2.45) is 0 Å². The summed E-state index contributed by atoms with van der Waals surface area (Å²) in [5.41, 5.74) is 4.21. The monoisotopic (exact) mass is 392 g/mol. The number of H-pyrrole nitrogens is 1. The van der Waals surface area contributed by atoms with Gasteiger partial charge in [0.2, 0.25) is 5.91 Å². The van der Waals surface area contributed by atoms with Crippen LogP contribution in [0.25, 0.3) is 10.9 Å². The van der Waals surface area contributed by atoms with Gasteiger partial charge in [0, 0.05) is 23.5 Å². The fraction of sp³-hybridized carbons (Fsp3) is 0.333. The van der Waals surface area contributed by atoms with Gasteiger partial charge in [-0.25, -0.2) is 0 Å². The quantitative estimate of drug-likeness (QED) is 0.550. The number of rotatable bonds is 8. The molecule has 1 heterocycles. The van der Waals surface area contributed by atoms with Gasteiger partial charge in [0.15, 0.2) is 0 Å². The third-order valence-electron chi connectivity index (χ3n) is 4.85. The SMILES string of the molecule is Cc1ccc(C(CC(=O)OC(C)C)NC(=O)CCc2c[nH]c3ccccc23)cc1. The van der Waals surface area contributed by atoms with Crippen molar-refractivity contribution in [1.82, 2.24) is 10.3 Å². The Labute approximate surface area is 171 Å². The Hall–Kier alpha value is -3.08.